The zero-order valence-electron chi connectivity index (χ0n) is 13.4. The Morgan fingerprint density at radius 1 is 0.958 bits per heavy atom. The van der Waals surface area contributed by atoms with E-state index in [9.17, 15) is 9.59 Å². The summed E-state index contributed by atoms with van der Waals surface area (Å²) in [4.78, 5) is 28.8. The van der Waals surface area contributed by atoms with E-state index >= 15 is 0 Å². The minimum atomic E-state index is -0.372. The normalized spacial score (nSPS) is 11.4. The van der Waals surface area contributed by atoms with Crippen LogP contribution in [-0.4, -0.2) is 18.7 Å². The van der Waals surface area contributed by atoms with Crippen LogP contribution in [0.1, 0.15) is 5.56 Å². The number of benzene rings is 2. The van der Waals surface area contributed by atoms with Crippen molar-refractivity contribution in [3.05, 3.63) is 75.2 Å². The molecular formula is C18H16N4O2. The zero-order valence-corrected chi connectivity index (χ0v) is 13.4. The van der Waals surface area contributed by atoms with E-state index in [1.54, 1.807) is 17.9 Å². The van der Waals surface area contributed by atoms with Gasteiger partial charge in [-0.3, -0.25) is 13.9 Å². The van der Waals surface area contributed by atoms with Gasteiger partial charge in [-0.15, -0.1) is 0 Å². The molecule has 0 aliphatic rings. The van der Waals surface area contributed by atoms with E-state index in [4.69, 9.17) is 0 Å². The Balaban J connectivity index is 1.95. The molecular weight excluding hydrogens is 304 g/mol. The van der Waals surface area contributed by atoms with Crippen LogP contribution in [0.4, 0.5) is 0 Å². The van der Waals surface area contributed by atoms with Crippen LogP contribution >= 0.6 is 0 Å². The van der Waals surface area contributed by atoms with Crippen molar-refractivity contribution in [2.24, 2.45) is 14.1 Å². The van der Waals surface area contributed by atoms with Gasteiger partial charge in [0, 0.05) is 20.6 Å². The monoisotopic (exact) mass is 320 g/mol. The number of hydrogen-bond donors (Lipinski definition) is 0. The molecule has 0 spiro atoms. The lowest BCUT2D eigenvalue weighted by Gasteiger charge is -2.09. The van der Waals surface area contributed by atoms with E-state index in [1.165, 1.54) is 11.6 Å². The van der Waals surface area contributed by atoms with Crippen LogP contribution < -0.4 is 11.2 Å². The number of rotatable bonds is 2. The van der Waals surface area contributed by atoms with Gasteiger partial charge in [0.15, 0.2) is 11.2 Å². The summed E-state index contributed by atoms with van der Waals surface area (Å²) in [7, 11) is 3.11. The van der Waals surface area contributed by atoms with Crippen LogP contribution in [0.2, 0.25) is 0 Å². The van der Waals surface area contributed by atoms with Crippen molar-refractivity contribution in [2.45, 2.75) is 6.54 Å². The van der Waals surface area contributed by atoms with Gasteiger partial charge in [-0.25, -0.2) is 9.78 Å². The van der Waals surface area contributed by atoms with Gasteiger partial charge in [-0.1, -0.05) is 42.5 Å². The van der Waals surface area contributed by atoms with E-state index in [0.717, 1.165) is 20.9 Å². The quantitative estimate of drug-likeness (QED) is 0.564. The molecule has 0 N–H and O–H groups in total. The van der Waals surface area contributed by atoms with Crippen LogP contribution in [0.15, 0.2) is 58.4 Å². The van der Waals surface area contributed by atoms with Crippen molar-refractivity contribution >= 4 is 21.9 Å². The summed E-state index contributed by atoms with van der Waals surface area (Å²) >= 11 is 0. The van der Waals surface area contributed by atoms with Crippen LogP contribution in [-0.2, 0) is 20.6 Å². The Hall–Kier alpha value is -3.15. The largest absolute Gasteiger partial charge is 0.332 e. The highest BCUT2D eigenvalue weighted by molar-refractivity contribution is 5.85. The molecule has 120 valence electrons. The molecule has 0 atom stereocenters. The van der Waals surface area contributed by atoms with E-state index < -0.39 is 0 Å². The van der Waals surface area contributed by atoms with E-state index in [1.807, 2.05) is 24.3 Å². The van der Waals surface area contributed by atoms with Gasteiger partial charge < -0.3 is 4.57 Å². The fourth-order valence-corrected chi connectivity index (χ4v) is 3.13. The second-order valence-corrected chi connectivity index (χ2v) is 5.89. The van der Waals surface area contributed by atoms with Gasteiger partial charge in [-0.2, -0.15) is 0 Å². The Morgan fingerprint density at radius 3 is 2.54 bits per heavy atom. The second kappa shape index (κ2) is 5.19. The Morgan fingerprint density at radius 2 is 1.71 bits per heavy atom. The number of hydrogen-bond acceptors (Lipinski definition) is 3. The Labute approximate surface area is 137 Å². The van der Waals surface area contributed by atoms with E-state index in [-0.39, 0.29) is 11.2 Å². The minimum Gasteiger partial charge on any atom is -0.320 e. The predicted octanol–water partition coefficient (Wildman–Crippen LogP) is 1.64. The van der Waals surface area contributed by atoms with Crippen molar-refractivity contribution < 1.29 is 0 Å². The maximum atomic E-state index is 12.5. The van der Waals surface area contributed by atoms with Crippen molar-refractivity contribution in [3.63, 3.8) is 0 Å². The van der Waals surface area contributed by atoms with Crippen molar-refractivity contribution in [1.82, 2.24) is 18.7 Å². The molecule has 2 aromatic heterocycles. The van der Waals surface area contributed by atoms with Crippen LogP contribution in [0.3, 0.4) is 0 Å². The highest BCUT2D eigenvalue weighted by Crippen LogP contribution is 2.20. The summed E-state index contributed by atoms with van der Waals surface area (Å²) in [6.45, 7) is 0.519. The third kappa shape index (κ3) is 2.00. The molecule has 0 amide bonds. The summed E-state index contributed by atoms with van der Waals surface area (Å²) < 4.78 is 4.32. The summed E-state index contributed by atoms with van der Waals surface area (Å²) in [6.07, 6.45) is 1.62. The van der Waals surface area contributed by atoms with Gasteiger partial charge in [-0.05, 0) is 16.3 Å². The first-order valence-corrected chi connectivity index (χ1v) is 7.65. The molecule has 4 aromatic rings. The molecule has 0 bridgehead atoms. The van der Waals surface area contributed by atoms with Crippen molar-refractivity contribution in [1.29, 1.82) is 0 Å². The first-order valence-electron chi connectivity index (χ1n) is 7.65. The minimum absolute atomic E-state index is 0.328. The molecule has 0 radical (unpaired) electrons. The third-order valence-corrected chi connectivity index (χ3v) is 4.44. The third-order valence-electron chi connectivity index (χ3n) is 4.44. The molecule has 6 nitrogen and oxygen atoms in total. The number of aryl methyl sites for hydroxylation is 1. The molecule has 24 heavy (non-hydrogen) atoms. The van der Waals surface area contributed by atoms with Gasteiger partial charge in [0.2, 0.25) is 0 Å². The number of fused-ring (bicyclic) bond motifs is 2. The number of nitrogens with zero attached hydrogens (tertiary/aromatic N) is 4. The summed E-state index contributed by atoms with van der Waals surface area (Å²) in [6, 6.07) is 14.2. The molecule has 0 aliphatic carbocycles. The standard InChI is InChI=1S/C18H16N4O2/c1-20-16-15(17(23)21(2)18(20)24)22(11-19-16)10-13-8-5-7-12-6-3-4-9-14(12)13/h3-9,11H,10H2,1-2H3. The molecule has 0 aliphatic heterocycles. The molecule has 2 heterocycles. The van der Waals surface area contributed by atoms with Crippen LogP contribution in [0.25, 0.3) is 21.9 Å². The van der Waals surface area contributed by atoms with Gasteiger partial charge in [0.25, 0.3) is 5.56 Å². The molecule has 0 saturated carbocycles. The molecule has 4 rings (SSSR count). The lowest BCUT2D eigenvalue weighted by atomic mass is 10.0. The van der Waals surface area contributed by atoms with Gasteiger partial charge >= 0.3 is 5.69 Å². The molecule has 0 fully saturated rings. The maximum absolute atomic E-state index is 12.5. The fraction of sp³-hybridized carbons (Fsp3) is 0.167. The van der Waals surface area contributed by atoms with Crippen molar-refractivity contribution in [2.75, 3.05) is 0 Å². The lowest BCUT2D eigenvalue weighted by Crippen LogP contribution is -2.37. The maximum Gasteiger partial charge on any atom is 0.332 e. The van der Waals surface area contributed by atoms with E-state index in [2.05, 4.69) is 23.2 Å². The van der Waals surface area contributed by atoms with Crippen LogP contribution in [0, 0.1) is 0 Å². The molecule has 0 saturated heterocycles. The average molecular weight is 320 g/mol. The summed E-state index contributed by atoms with van der Waals surface area (Å²) in [5, 5.41) is 2.29. The number of aromatic nitrogens is 4. The smallest absolute Gasteiger partial charge is 0.320 e. The van der Waals surface area contributed by atoms with Crippen LogP contribution in [0.5, 0.6) is 0 Å². The first-order chi connectivity index (χ1) is 11.6. The van der Waals surface area contributed by atoms with Gasteiger partial charge in [0.05, 0.1) is 6.33 Å². The average Bonchev–Trinajstić information content (AvgIpc) is 3.02. The summed E-state index contributed by atoms with van der Waals surface area (Å²) in [5.41, 5.74) is 1.24. The SMILES string of the molecule is Cn1c(=O)c2c(ncn2Cc2cccc3ccccc23)n(C)c1=O. The molecule has 6 heteroatoms. The first kappa shape index (κ1) is 14.4. The Bertz CT molecular complexity index is 1190. The summed E-state index contributed by atoms with van der Waals surface area (Å²) in [5.74, 6) is 0. The highest BCUT2D eigenvalue weighted by atomic mass is 16.2. The Kier molecular flexibility index (Phi) is 3.13. The lowest BCUT2D eigenvalue weighted by molar-refractivity contribution is 0.702. The molecule has 2 aromatic carbocycles. The molecule has 0 unspecified atom stereocenters. The van der Waals surface area contributed by atoms with E-state index in [0.29, 0.717) is 17.7 Å². The topological polar surface area (TPSA) is 61.8 Å². The highest BCUT2D eigenvalue weighted by Gasteiger charge is 2.14. The predicted molar refractivity (Wildman–Crippen MR) is 93.3 cm³/mol. The fourth-order valence-electron chi connectivity index (χ4n) is 3.13. The zero-order chi connectivity index (χ0) is 16.8. The number of imidazole rings is 1. The van der Waals surface area contributed by atoms with Crippen molar-refractivity contribution in [3.8, 4) is 0 Å². The van der Waals surface area contributed by atoms with Gasteiger partial charge in [0.1, 0.15) is 0 Å². The second-order valence-electron chi connectivity index (χ2n) is 5.89.